The molecular formula is C41H78N4O4. The zero-order valence-corrected chi connectivity index (χ0v) is 32.2. The topological polar surface area (TPSA) is 135 Å². The van der Waals surface area contributed by atoms with Crippen molar-refractivity contribution in [1.82, 2.24) is 5.32 Å². The van der Waals surface area contributed by atoms with Crippen molar-refractivity contribution in [3.63, 3.8) is 0 Å². The van der Waals surface area contributed by atoms with Gasteiger partial charge in [0.05, 0.1) is 18.3 Å². The van der Waals surface area contributed by atoms with Gasteiger partial charge in [-0.15, -0.1) is 0 Å². The quantitative estimate of drug-likeness (QED) is 0.0852. The molecule has 0 heterocycles. The minimum absolute atomic E-state index is 0.0609. The van der Waals surface area contributed by atoms with E-state index in [1.807, 2.05) is 0 Å². The third-order valence-corrected chi connectivity index (χ3v) is 14.2. The predicted molar refractivity (Wildman–Crippen MR) is 201 cm³/mol. The SMILES string of the molecule is CCCCCCCCNC(=O)CC[C@@H](C)[C@H]1CC[C@H]2C3[C@H](OCCCN)CC4CC(OCCCN)CC[C@]4(C)[C@H]3C[C@H](OCCCN)[C@]12C. The van der Waals surface area contributed by atoms with Crippen LogP contribution in [0.4, 0.5) is 0 Å². The van der Waals surface area contributed by atoms with Crippen molar-refractivity contribution in [2.75, 3.05) is 46.0 Å². The van der Waals surface area contributed by atoms with Crippen LogP contribution >= 0.6 is 0 Å². The smallest absolute Gasteiger partial charge is 0.220 e. The first kappa shape index (κ1) is 41.0. The number of ether oxygens (including phenoxy) is 3. The molecule has 4 rings (SSSR count). The Kier molecular flexibility index (Phi) is 17.1. The van der Waals surface area contributed by atoms with Crippen molar-refractivity contribution >= 4 is 5.91 Å². The molecule has 11 atom stereocenters. The summed E-state index contributed by atoms with van der Waals surface area (Å²) in [5, 5.41) is 3.23. The number of hydrogen-bond acceptors (Lipinski definition) is 7. The summed E-state index contributed by atoms with van der Waals surface area (Å²) in [4.78, 5) is 12.9. The standard InChI is InChI=1S/C41H78N4O4/c1-5-6-7-8-9-10-23-45-38(46)17-14-30(2)33-15-16-34-39-35(29-37(41(33,34)4)49-26-13-22-44)40(3)19-18-32(47-24-11-20-42)27-31(40)28-36(39)48-25-12-21-43/h30-37,39H,5-29,42-44H2,1-4H3,(H,45,46)/t30-,31?,32?,33-,34+,35+,36-,37+,39?,40+,41-/m1/s1. The Balaban J connectivity index is 1.49. The predicted octanol–water partition coefficient (Wildman–Crippen LogP) is 6.96. The zero-order valence-electron chi connectivity index (χ0n) is 32.2. The second kappa shape index (κ2) is 20.5. The Hall–Kier alpha value is -0.770. The fraction of sp³-hybridized carbons (Fsp3) is 0.976. The monoisotopic (exact) mass is 691 g/mol. The van der Waals surface area contributed by atoms with Crippen molar-refractivity contribution in [3.8, 4) is 0 Å². The molecule has 4 saturated carbocycles. The van der Waals surface area contributed by atoms with Gasteiger partial charge < -0.3 is 36.7 Å². The highest BCUT2D eigenvalue weighted by atomic mass is 16.5. The summed E-state index contributed by atoms with van der Waals surface area (Å²) in [5.74, 6) is 3.48. The number of hydrogen-bond donors (Lipinski definition) is 4. The van der Waals surface area contributed by atoms with Crippen molar-refractivity contribution in [2.45, 2.75) is 162 Å². The molecule has 0 aromatic carbocycles. The minimum atomic E-state index is 0.0609. The first-order chi connectivity index (χ1) is 23.7. The molecular weight excluding hydrogens is 612 g/mol. The first-order valence-electron chi connectivity index (χ1n) is 21.0. The van der Waals surface area contributed by atoms with Gasteiger partial charge in [0.15, 0.2) is 0 Å². The number of unbranched alkanes of at least 4 members (excludes halogenated alkanes) is 5. The average molecular weight is 691 g/mol. The van der Waals surface area contributed by atoms with Crippen molar-refractivity contribution in [3.05, 3.63) is 0 Å². The maximum atomic E-state index is 12.9. The third-order valence-electron chi connectivity index (χ3n) is 14.2. The van der Waals surface area contributed by atoms with Crippen LogP contribution in [0, 0.1) is 46.3 Å². The van der Waals surface area contributed by atoms with Crippen molar-refractivity contribution in [2.24, 2.45) is 63.5 Å². The van der Waals surface area contributed by atoms with Gasteiger partial charge in [-0.1, -0.05) is 59.8 Å². The number of carbonyl (C=O) groups is 1. The van der Waals surface area contributed by atoms with Gasteiger partial charge in [-0.05, 0) is 138 Å². The number of nitrogens with one attached hydrogen (secondary N) is 1. The Morgan fingerprint density at radius 3 is 2.18 bits per heavy atom. The molecule has 0 aromatic heterocycles. The highest BCUT2D eigenvalue weighted by molar-refractivity contribution is 5.75. The van der Waals surface area contributed by atoms with Crippen LogP contribution < -0.4 is 22.5 Å². The molecule has 0 aromatic rings. The first-order valence-corrected chi connectivity index (χ1v) is 21.0. The molecule has 0 aliphatic heterocycles. The lowest BCUT2D eigenvalue weighted by atomic mass is 9.43. The van der Waals surface area contributed by atoms with E-state index < -0.39 is 0 Å². The van der Waals surface area contributed by atoms with Crippen LogP contribution in [-0.2, 0) is 19.0 Å². The van der Waals surface area contributed by atoms with E-state index in [9.17, 15) is 4.79 Å². The molecule has 7 N–H and O–H groups in total. The lowest BCUT2D eigenvalue weighted by molar-refractivity contribution is -0.227. The van der Waals surface area contributed by atoms with Crippen LogP contribution in [-0.4, -0.2) is 70.2 Å². The summed E-state index contributed by atoms with van der Waals surface area (Å²) in [6, 6.07) is 0. The summed E-state index contributed by atoms with van der Waals surface area (Å²) in [6.07, 6.45) is 20.8. The molecule has 0 spiro atoms. The molecule has 0 bridgehead atoms. The second-order valence-electron chi connectivity index (χ2n) is 17.1. The van der Waals surface area contributed by atoms with Gasteiger partial charge in [-0.2, -0.15) is 0 Å². The van der Waals surface area contributed by atoms with Gasteiger partial charge in [0.25, 0.3) is 0 Å². The molecule has 0 radical (unpaired) electrons. The van der Waals surface area contributed by atoms with Crippen LogP contribution in [0.2, 0.25) is 0 Å². The summed E-state index contributed by atoms with van der Waals surface area (Å²) < 4.78 is 20.3. The number of carbonyl (C=O) groups excluding carboxylic acids is 1. The molecule has 4 fully saturated rings. The maximum Gasteiger partial charge on any atom is 0.220 e. The molecule has 286 valence electrons. The summed E-state index contributed by atoms with van der Waals surface area (Å²) >= 11 is 0. The van der Waals surface area contributed by atoms with E-state index in [4.69, 9.17) is 31.4 Å². The largest absolute Gasteiger partial charge is 0.378 e. The number of fused-ring (bicyclic) bond motifs is 5. The Labute approximate surface area is 300 Å². The van der Waals surface area contributed by atoms with Gasteiger partial charge in [0.2, 0.25) is 5.91 Å². The van der Waals surface area contributed by atoms with Crippen molar-refractivity contribution < 1.29 is 19.0 Å². The Morgan fingerprint density at radius 2 is 1.47 bits per heavy atom. The van der Waals surface area contributed by atoms with Gasteiger partial charge in [-0.25, -0.2) is 0 Å². The van der Waals surface area contributed by atoms with E-state index in [0.717, 1.165) is 84.2 Å². The summed E-state index contributed by atoms with van der Waals surface area (Å²) in [5.41, 5.74) is 18.1. The fourth-order valence-corrected chi connectivity index (χ4v) is 11.4. The van der Waals surface area contributed by atoms with Gasteiger partial charge >= 0.3 is 0 Å². The van der Waals surface area contributed by atoms with Crippen molar-refractivity contribution in [1.29, 1.82) is 0 Å². The van der Waals surface area contributed by atoms with Crippen LogP contribution in [0.5, 0.6) is 0 Å². The number of amides is 1. The molecule has 49 heavy (non-hydrogen) atoms. The average Bonchev–Trinajstić information content (AvgIpc) is 3.45. The fourth-order valence-electron chi connectivity index (χ4n) is 11.4. The molecule has 4 aliphatic rings. The highest BCUT2D eigenvalue weighted by Crippen LogP contribution is 2.69. The van der Waals surface area contributed by atoms with E-state index in [1.165, 1.54) is 51.4 Å². The van der Waals surface area contributed by atoms with Gasteiger partial charge in [-0.3, -0.25) is 4.79 Å². The van der Waals surface area contributed by atoms with E-state index >= 15 is 0 Å². The lowest BCUT2D eigenvalue weighted by Crippen LogP contribution is -2.63. The van der Waals surface area contributed by atoms with E-state index in [1.54, 1.807) is 0 Å². The summed E-state index contributed by atoms with van der Waals surface area (Å²) in [6.45, 7) is 14.9. The van der Waals surface area contributed by atoms with Crippen LogP contribution in [0.3, 0.4) is 0 Å². The number of nitrogens with two attached hydrogens (primary N) is 3. The molecule has 3 unspecified atom stereocenters. The van der Waals surface area contributed by atoms with Crippen LogP contribution in [0.15, 0.2) is 0 Å². The number of rotatable bonds is 23. The molecule has 4 aliphatic carbocycles. The maximum absolute atomic E-state index is 12.9. The highest BCUT2D eigenvalue weighted by Gasteiger charge is 2.66. The summed E-state index contributed by atoms with van der Waals surface area (Å²) in [7, 11) is 0. The van der Waals surface area contributed by atoms with Gasteiger partial charge in [0, 0.05) is 38.2 Å². The normalized spacial score (nSPS) is 36.1. The van der Waals surface area contributed by atoms with Crippen LogP contribution in [0.1, 0.15) is 143 Å². The lowest BCUT2D eigenvalue weighted by Gasteiger charge is -2.65. The second-order valence-corrected chi connectivity index (χ2v) is 17.1. The van der Waals surface area contributed by atoms with Gasteiger partial charge in [0.1, 0.15) is 0 Å². The third kappa shape index (κ3) is 10.2. The zero-order chi connectivity index (χ0) is 35.3. The minimum Gasteiger partial charge on any atom is -0.378 e. The van der Waals surface area contributed by atoms with E-state index in [-0.39, 0.29) is 28.9 Å². The van der Waals surface area contributed by atoms with E-state index in [2.05, 4.69) is 33.0 Å². The molecule has 8 heteroatoms. The molecule has 8 nitrogen and oxygen atoms in total. The van der Waals surface area contributed by atoms with Crippen LogP contribution in [0.25, 0.3) is 0 Å². The Bertz CT molecular complexity index is 954. The molecule has 0 saturated heterocycles. The Morgan fingerprint density at radius 1 is 0.796 bits per heavy atom. The molecule has 1 amide bonds. The van der Waals surface area contributed by atoms with E-state index in [0.29, 0.717) is 67.7 Å².